The first-order chi connectivity index (χ1) is 8.80. The zero-order valence-corrected chi connectivity index (χ0v) is 12.1. The number of hydrogen-bond donors (Lipinski definition) is 2. The molecule has 5 nitrogen and oxygen atoms in total. The van der Waals surface area contributed by atoms with Gasteiger partial charge in [-0.15, -0.1) is 11.3 Å². The molecule has 0 aromatic carbocycles. The van der Waals surface area contributed by atoms with Crippen molar-refractivity contribution in [3.05, 3.63) is 16.5 Å². The minimum absolute atomic E-state index is 0.174. The fourth-order valence-electron chi connectivity index (χ4n) is 2.04. The molecule has 2 heterocycles. The second-order valence-electron chi connectivity index (χ2n) is 5.57. The third kappa shape index (κ3) is 3.26. The fourth-order valence-corrected chi connectivity index (χ4v) is 3.03. The van der Waals surface area contributed by atoms with Crippen LogP contribution in [0.15, 0.2) is 6.07 Å². The summed E-state index contributed by atoms with van der Waals surface area (Å²) >= 11 is 1.39. The molecule has 2 atom stereocenters. The number of aliphatic hydroxyl groups excluding tert-OH is 1. The number of nitrogen functional groups attached to an aromatic ring is 1. The van der Waals surface area contributed by atoms with Crippen LogP contribution in [0.4, 0.5) is 5.00 Å². The number of hydrogen-bond acceptors (Lipinski definition) is 6. The van der Waals surface area contributed by atoms with E-state index in [0.717, 1.165) is 10.4 Å². The molecular weight excluding hydrogens is 266 g/mol. The molecule has 0 saturated carbocycles. The van der Waals surface area contributed by atoms with Gasteiger partial charge in [-0.25, -0.2) is 4.79 Å². The van der Waals surface area contributed by atoms with Gasteiger partial charge in [0.05, 0.1) is 11.6 Å². The Balaban J connectivity index is 2.17. The second kappa shape index (κ2) is 5.11. The number of thiophene rings is 1. The number of aliphatic hydroxyl groups is 1. The zero-order valence-electron chi connectivity index (χ0n) is 11.3. The highest BCUT2D eigenvalue weighted by Gasteiger charge is 2.35. The van der Waals surface area contributed by atoms with Crippen molar-refractivity contribution >= 4 is 22.3 Å². The van der Waals surface area contributed by atoms with Crippen molar-refractivity contribution in [2.24, 2.45) is 0 Å². The number of fused-ring (bicyclic) bond motifs is 1. The number of anilines is 1. The standard InChI is InChI=1S/C13H19NO4S/c1-13(2,3)18-12(16)8-4-7-5-10(14)19-11(7)9(6-15)17-8/h5,8-9,15H,4,6,14H2,1-3H3. The first kappa shape index (κ1) is 14.3. The van der Waals surface area contributed by atoms with Crippen LogP contribution < -0.4 is 5.73 Å². The van der Waals surface area contributed by atoms with Crippen LogP contribution in [0, 0.1) is 0 Å². The van der Waals surface area contributed by atoms with E-state index in [2.05, 4.69) is 0 Å². The maximum absolute atomic E-state index is 12.0. The van der Waals surface area contributed by atoms with Crippen molar-refractivity contribution in [3.63, 3.8) is 0 Å². The van der Waals surface area contributed by atoms with Gasteiger partial charge in [-0.1, -0.05) is 0 Å². The zero-order chi connectivity index (χ0) is 14.2. The number of carbonyl (C=O) groups excluding carboxylic acids is 1. The summed E-state index contributed by atoms with van der Waals surface area (Å²) < 4.78 is 10.9. The Labute approximate surface area is 116 Å². The second-order valence-corrected chi connectivity index (χ2v) is 6.69. The monoisotopic (exact) mass is 285 g/mol. The van der Waals surface area contributed by atoms with Gasteiger partial charge in [0.15, 0.2) is 6.10 Å². The molecule has 0 aliphatic carbocycles. The average molecular weight is 285 g/mol. The Bertz CT molecular complexity index is 477. The SMILES string of the molecule is CC(C)(C)OC(=O)C1Cc2cc(N)sc2C(CO)O1. The highest BCUT2D eigenvalue weighted by Crippen LogP contribution is 2.38. The molecule has 2 unspecified atom stereocenters. The molecule has 0 spiro atoms. The molecule has 106 valence electrons. The molecule has 0 radical (unpaired) electrons. The quantitative estimate of drug-likeness (QED) is 0.807. The molecule has 1 aromatic heterocycles. The molecule has 1 aliphatic rings. The highest BCUT2D eigenvalue weighted by molar-refractivity contribution is 7.16. The lowest BCUT2D eigenvalue weighted by atomic mass is 10.0. The maximum Gasteiger partial charge on any atom is 0.336 e. The summed E-state index contributed by atoms with van der Waals surface area (Å²) in [6.07, 6.45) is -0.740. The number of carbonyl (C=O) groups is 1. The van der Waals surface area contributed by atoms with Gasteiger partial charge in [0.2, 0.25) is 0 Å². The van der Waals surface area contributed by atoms with Crippen molar-refractivity contribution < 1.29 is 19.4 Å². The average Bonchev–Trinajstić information content (AvgIpc) is 2.65. The van der Waals surface area contributed by atoms with Gasteiger partial charge in [-0.2, -0.15) is 0 Å². The van der Waals surface area contributed by atoms with E-state index in [-0.39, 0.29) is 6.61 Å². The molecule has 3 N–H and O–H groups in total. The number of ether oxygens (including phenoxy) is 2. The lowest BCUT2D eigenvalue weighted by molar-refractivity contribution is -0.175. The number of rotatable bonds is 2. The van der Waals surface area contributed by atoms with E-state index in [0.29, 0.717) is 11.4 Å². The van der Waals surface area contributed by atoms with Crippen LogP contribution in [-0.4, -0.2) is 29.4 Å². The van der Waals surface area contributed by atoms with E-state index in [1.807, 2.05) is 26.8 Å². The predicted molar refractivity (Wildman–Crippen MR) is 73.0 cm³/mol. The lowest BCUT2D eigenvalue weighted by Gasteiger charge is -2.30. The molecule has 0 fully saturated rings. The Kier molecular flexibility index (Phi) is 3.85. The van der Waals surface area contributed by atoms with Gasteiger partial charge in [-0.3, -0.25) is 0 Å². The van der Waals surface area contributed by atoms with E-state index in [1.165, 1.54) is 11.3 Å². The summed E-state index contributed by atoms with van der Waals surface area (Å²) in [5.74, 6) is -0.402. The van der Waals surface area contributed by atoms with Crippen molar-refractivity contribution in [2.75, 3.05) is 12.3 Å². The Morgan fingerprint density at radius 2 is 2.32 bits per heavy atom. The molecule has 1 aromatic rings. The van der Waals surface area contributed by atoms with Gasteiger partial charge >= 0.3 is 5.97 Å². The Hall–Kier alpha value is -1.11. The number of esters is 1. The molecule has 6 heteroatoms. The Morgan fingerprint density at radius 1 is 1.63 bits per heavy atom. The van der Waals surface area contributed by atoms with Crippen LogP contribution >= 0.6 is 11.3 Å². The van der Waals surface area contributed by atoms with Gasteiger partial charge in [0.1, 0.15) is 11.7 Å². The van der Waals surface area contributed by atoms with Crippen LogP contribution in [0.2, 0.25) is 0 Å². The number of nitrogens with two attached hydrogens (primary N) is 1. The van der Waals surface area contributed by atoms with Crippen LogP contribution in [0.5, 0.6) is 0 Å². The molecule has 1 aliphatic heterocycles. The highest BCUT2D eigenvalue weighted by atomic mass is 32.1. The first-order valence-corrected chi connectivity index (χ1v) is 6.99. The molecule has 0 bridgehead atoms. The van der Waals surface area contributed by atoms with Crippen molar-refractivity contribution in [1.29, 1.82) is 0 Å². The van der Waals surface area contributed by atoms with Crippen LogP contribution in [-0.2, 0) is 20.7 Å². The third-order valence-corrected chi connectivity index (χ3v) is 3.82. The minimum atomic E-state index is -0.683. The van der Waals surface area contributed by atoms with E-state index in [1.54, 1.807) is 0 Å². The molecule has 2 rings (SSSR count). The summed E-state index contributed by atoms with van der Waals surface area (Å²) in [4.78, 5) is 12.9. The van der Waals surface area contributed by atoms with E-state index in [4.69, 9.17) is 15.2 Å². The van der Waals surface area contributed by atoms with Crippen LogP contribution in [0.25, 0.3) is 0 Å². The van der Waals surface area contributed by atoms with Crippen molar-refractivity contribution in [3.8, 4) is 0 Å². The largest absolute Gasteiger partial charge is 0.458 e. The smallest absolute Gasteiger partial charge is 0.336 e. The summed E-state index contributed by atoms with van der Waals surface area (Å²) in [7, 11) is 0. The van der Waals surface area contributed by atoms with Crippen molar-refractivity contribution in [2.45, 2.75) is 45.0 Å². The van der Waals surface area contributed by atoms with Gasteiger partial charge in [-0.05, 0) is 32.4 Å². The fraction of sp³-hybridized carbons (Fsp3) is 0.615. The molecular formula is C13H19NO4S. The summed E-state index contributed by atoms with van der Waals surface area (Å²) in [5.41, 5.74) is 6.17. The minimum Gasteiger partial charge on any atom is -0.458 e. The van der Waals surface area contributed by atoms with E-state index >= 15 is 0 Å². The topological polar surface area (TPSA) is 81.8 Å². The van der Waals surface area contributed by atoms with Gasteiger partial charge < -0.3 is 20.3 Å². The van der Waals surface area contributed by atoms with Crippen molar-refractivity contribution in [1.82, 2.24) is 0 Å². The normalized spacial score (nSPS) is 22.9. The third-order valence-electron chi connectivity index (χ3n) is 2.72. The molecule has 0 amide bonds. The first-order valence-electron chi connectivity index (χ1n) is 6.17. The van der Waals surface area contributed by atoms with Gasteiger partial charge in [0, 0.05) is 11.3 Å². The van der Waals surface area contributed by atoms with Crippen LogP contribution in [0.3, 0.4) is 0 Å². The maximum atomic E-state index is 12.0. The summed E-state index contributed by atoms with van der Waals surface area (Å²) in [5, 5.41) is 10.0. The van der Waals surface area contributed by atoms with E-state index < -0.39 is 23.8 Å². The summed E-state index contributed by atoms with van der Waals surface area (Å²) in [6, 6.07) is 1.84. The predicted octanol–water partition coefficient (Wildman–Crippen LogP) is 1.65. The van der Waals surface area contributed by atoms with Gasteiger partial charge in [0.25, 0.3) is 0 Å². The Morgan fingerprint density at radius 3 is 2.89 bits per heavy atom. The molecule has 19 heavy (non-hydrogen) atoms. The summed E-state index contributed by atoms with van der Waals surface area (Å²) in [6.45, 7) is 5.26. The van der Waals surface area contributed by atoms with Crippen LogP contribution in [0.1, 0.15) is 37.3 Å². The lowest BCUT2D eigenvalue weighted by Crippen LogP contribution is -2.38. The van der Waals surface area contributed by atoms with E-state index in [9.17, 15) is 9.90 Å². The molecule has 0 saturated heterocycles.